The van der Waals surface area contributed by atoms with Crippen LogP contribution in [0.25, 0.3) is 0 Å². The van der Waals surface area contributed by atoms with Crippen LogP contribution < -0.4 is 9.47 Å². The SMILES string of the molecule is Cc1cc(CN(C[C@H]2COc3ccccc3O2)C(=O)CN(C)C)n(C)n1. The first-order valence-corrected chi connectivity index (χ1v) is 8.73. The van der Waals surface area contributed by atoms with E-state index in [0.29, 0.717) is 26.2 Å². The number of hydrogen-bond donors (Lipinski definition) is 0. The number of carbonyl (C=O) groups is 1. The molecular formula is C19H26N4O3. The van der Waals surface area contributed by atoms with Crippen molar-refractivity contribution in [1.82, 2.24) is 19.6 Å². The number of hydrogen-bond acceptors (Lipinski definition) is 5. The molecule has 0 fully saturated rings. The first kappa shape index (κ1) is 18.3. The zero-order valence-corrected chi connectivity index (χ0v) is 15.8. The van der Waals surface area contributed by atoms with E-state index in [-0.39, 0.29) is 12.0 Å². The van der Waals surface area contributed by atoms with Crippen molar-refractivity contribution in [3.8, 4) is 11.5 Å². The van der Waals surface area contributed by atoms with Gasteiger partial charge in [0.15, 0.2) is 17.6 Å². The van der Waals surface area contributed by atoms with Gasteiger partial charge in [-0.25, -0.2) is 0 Å². The molecule has 1 aromatic carbocycles. The molecule has 1 aromatic heterocycles. The predicted octanol–water partition coefficient (Wildman–Crippen LogP) is 1.46. The zero-order valence-electron chi connectivity index (χ0n) is 15.8. The van der Waals surface area contributed by atoms with Crippen molar-refractivity contribution in [3.05, 3.63) is 41.7 Å². The fourth-order valence-electron chi connectivity index (χ4n) is 3.03. The number of ether oxygens (including phenoxy) is 2. The highest BCUT2D eigenvalue weighted by molar-refractivity contribution is 5.78. The Hall–Kier alpha value is -2.54. The first-order chi connectivity index (χ1) is 12.4. The topological polar surface area (TPSA) is 59.8 Å². The monoisotopic (exact) mass is 358 g/mol. The second-order valence-corrected chi connectivity index (χ2v) is 6.91. The van der Waals surface area contributed by atoms with Crippen LogP contribution in [-0.2, 0) is 18.4 Å². The molecule has 0 bridgehead atoms. The van der Waals surface area contributed by atoms with Gasteiger partial charge in [-0.05, 0) is 39.2 Å². The Kier molecular flexibility index (Phi) is 5.46. The molecule has 1 aliphatic heterocycles. The van der Waals surface area contributed by atoms with E-state index in [9.17, 15) is 4.79 Å². The highest BCUT2D eigenvalue weighted by atomic mass is 16.6. The molecule has 7 nitrogen and oxygen atoms in total. The minimum absolute atomic E-state index is 0.0521. The number of amides is 1. The van der Waals surface area contributed by atoms with Crippen molar-refractivity contribution < 1.29 is 14.3 Å². The van der Waals surface area contributed by atoms with Crippen molar-refractivity contribution >= 4 is 5.91 Å². The average Bonchev–Trinajstić information content (AvgIpc) is 2.91. The first-order valence-electron chi connectivity index (χ1n) is 8.73. The molecule has 2 aromatic rings. The summed E-state index contributed by atoms with van der Waals surface area (Å²) < 4.78 is 13.6. The molecule has 7 heteroatoms. The summed E-state index contributed by atoms with van der Waals surface area (Å²) in [4.78, 5) is 16.4. The average molecular weight is 358 g/mol. The van der Waals surface area contributed by atoms with Gasteiger partial charge in [0, 0.05) is 7.05 Å². The molecule has 140 valence electrons. The lowest BCUT2D eigenvalue weighted by Gasteiger charge is -2.32. The van der Waals surface area contributed by atoms with E-state index in [1.54, 1.807) is 0 Å². The molecular weight excluding hydrogens is 332 g/mol. The summed E-state index contributed by atoms with van der Waals surface area (Å²) >= 11 is 0. The number of likely N-dealkylation sites (N-methyl/N-ethyl adjacent to an activating group) is 1. The lowest BCUT2D eigenvalue weighted by Crippen LogP contribution is -2.46. The van der Waals surface area contributed by atoms with Crippen molar-refractivity contribution in [1.29, 1.82) is 0 Å². The smallest absolute Gasteiger partial charge is 0.237 e. The molecule has 0 N–H and O–H groups in total. The van der Waals surface area contributed by atoms with E-state index < -0.39 is 0 Å². The van der Waals surface area contributed by atoms with Crippen molar-refractivity contribution in [3.63, 3.8) is 0 Å². The lowest BCUT2D eigenvalue weighted by molar-refractivity contribution is -0.134. The second-order valence-electron chi connectivity index (χ2n) is 6.91. The maximum atomic E-state index is 12.8. The number of benzene rings is 1. The Morgan fingerprint density at radius 3 is 2.69 bits per heavy atom. The van der Waals surface area contributed by atoms with Crippen LogP contribution in [0.3, 0.4) is 0 Å². The van der Waals surface area contributed by atoms with Gasteiger partial charge in [0.1, 0.15) is 6.61 Å². The van der Waals surface area contributed by atoms with Crippen LogP contribution >= 0.6 is 0 Å². The van der Waals surface area contributed by atoms with E-state index in [0.717, 1.165) is 22.9 Å². The molecule has 26 heavy (non-hydrogen) atoms. The Bertz CT molecular complexity index is 772. The number of fused-ring (bicyclic) bond motifs is 1. The number of nitrogens with zero attached hydrogens (tertiary/aromatic N) is 4. The highest BCUT2D eigenvalue weighted by Gasteiger charge is 2.26. The second kappa shape index (κ2) is 7.78. The molecule has 0 saturated carbocycles. The Balaban J connectivity index is 1.73. The number of carbonyl (C=O) groups excluding carboxylic acids is 1. The number of aromatic nitrogens is 2. The quantitative estimate of drug-likeness (QED) is 0.782. The Labute approximate surface area is 154 Å². The standard InChI is InChI=1S/C19H26N4O3/c1-14-9-15(22(4)20-14)10-23(19(24)12-21(2)3)11-16-13-25-17-7-5-6-8-18(17)26-16/h5-9,16H,10-13H2,1-4H3/t16-/m0/s1. The van der Waals surface area contributed by atoms with Gasteiger partial charge in [-0.1, -0.05) is 12.1 Å². The van der Waals surface area contributed by atoms with Gasteiger partial charge in [0.25, 0.3) is 0 Å². The molecule has 2 heterocycles. The summed E-state index contributed by atoms with van der Waals surface area (Å²) in [5.41, 5.74) is 1.93. The molecule has 1 aliphatic rings. The van der Waals surface area contributed by atoms with E-state index in [2.05, 4.69) is 5.10 Å². The number of aryl methyl sites for hydroxylation is 2. The summed E-state index contributed by atoms with van der Waals surface area (Å²) in [5.74, 6) is 1.52. The van der Waals surface area contributed by atoms with E-state index in [1.807, 2.05) is 72.9 Å². The normalized spacial score (nSPS) is 16.0. The van der Waals surface area contributed by atoms with Crippen LogP contribution in [0.15, 0.2) is 30.3 Å². The summed E-state index contributed by atoms with van der Waals surface area (Å²) in [5, 5.41) is 4.37. The van der Waals surface area contributed by atoms with Crippen LogP contribution in [0.5, 0.6) is 11.5 Å². The van der Waals surface area contributed by atoms with E-state index in [4.69, 9.17) is 9.47 Å². The van der Waals surface area contributed by atoms with Crippen LogP contribution in [0.2, 0.25) is 0 Å². The summed E-state index contributed by atoms with van der Waals surface area (Å²) in [7, 11) is 5.68. The fraction of sp³-hybridized carbons (Fsp3) is 0.474. The number of para-hydroxylation sites is 2. The highest BCUT2D eigenvalue weighted by Crippen LogP contribution is 2.31. The third kappa shape index (κ3) is 4.35. The third-order valence-corrected chi connectivity index (χ3v) is 4.25. The van der Waals surface area contributed by atoms with Crippen molar-refractivity contribution in [2.45, 2.75) is 19.6 Å². The Morgan fingerprint density at radius 2 is 2.04 bits per heavy atom. The number of rotatable bonds is 6. The molecule has 0 saturated heterocycles. The van der Waals surface area contributed by atoms with Gasteiger partial charge in [-0.15, -0.1) is 0 Å². The van der Waals surface area contributed by atoms with Gasteiger partial charge in [-0.3, -0.25) is 9.48 Å². The molecule has 0 spiro atoms. The maximum absolute atomic E-state index is 12.8. The predicted molar refractivity (Wildman–Crippen MR) is 98.3 cm³/mol. The van der Waals surface area contributed by atoms with Crippen LogP contribution in [-0.4, -0.2) is 65.4 Å². The van der Waals surface area contributed by atoms with Crippen LogP contribution in [0.4, 0.5) is 0 Å². The molecule has 0 aliphatic carbocycles. The fourth-order valence-corrected chi connectivity index (χ4v) is 3.03. The minimum atomic E-state index is -0.203. The largest absolute Gasteiger partial charge is 0.486 e. The third-order valence-electron chi connectivity index (χ3n) is 4.25. The van der Waals surface area contributed by atoms with Crippen LogP contribution in [0, 0.1) is 6.92 Å². The van der Waals surface area contributed by atoms with Crippen molar-refractivity contribution in [2.75, 3.05) is 33.8 Å². The van der Waals surface area contributed by atoms with Gasteiger partial charge in [0.2, 0.25) is 5.91 Å². The van der Waals surface area contributed by atoms with E-state index in [1.165, 1.54) is 0 Å². The van der Waals surface area contributed by atoms with Gasteiger partial charge < -0.3 is 19.3 Å². The van der Waals surface area contributed by atoms with E-state index >= 15 is 0 Å². The minimum Gasteiger partial charge on any atom is -0.486 e. The summed E-state index contributed by atoms with van der Waals surface area (Å²) in [6, 6.07) is 9.61. The van der Waals surface area contributed by atoms with Gasteiger partial charge in [-0.2, -0.15) is 5.10 Å². The van der Waals surface area contributed by atoms with Crippen molar-refractivity contribution in [2.24, 2.45) is 7.05 Å². The van der Waals surface area contributed by atoms with Gasteiger partial charge >= 0.3 is 0 Å². The molecule has 1 amide bonds. The van der Waals surface area contributed by atoms with Crippen LogP contribution in [0.1, 0.15) is 11.4 Å². The molecule has 1 atom stereocenters. The molecule has 3 rings (SSSR count). The zero-order chi connectivity index (χ0) is 18.7. The van der Waals surface area contributed by atoms with Gasteiger partial charge in [0.05, 0.1) is 31.0 Å². The molecule has 0 radical (unpaired) electrons. The lowest BCUT2D eigenvalue weighted by atomic mass is 10.2. The summed E-state index contributed by atoms with van der Waals surface area (Å²) in [6.45, 7) is 3.68. The Morgan fingerprint density at radius 1 is 1.31 bits per heavy atom. The maximum Gasteiger partial charge on any atom is 0.237 e. The summed E-state index contributed by atoms with van der Waals surface area (Å²) in [6.07, 6.45) is -0.203. The molecule has 0 unspecified atom stereocenters.